The van der Waals surface area contributed by atoms with Crippen LogP contribution in [-0.4, -0.2) is 21.4 Å². The van der Waals surface area contributed by atoms with Crippen LogP contribution in [-0.2, 0) is 47.9 Å². The van der Waals surface area contributed by atoms with Crippen molar-refractivity contribution >= 4 is 30.3 Å². The fourth-order valence-electron chi connectivity index (χ4n) is 0. The molecule has 0 saturated heterocycles. The van der Waals surface area contributed by atoms with Crippen molar-refractivity contribution in [2.24, 2.45) is 0 Å². The van der Waals surface area contributed by atoms with Crippen molar-refractivity contribution in [1.82, 2.24) is 0 Å². The average molecular weight is 294 g/mol. The van der Waals surface area contributed by atoms with E-state index in [4.69, 9.17) is 8.92 Å². The first-order valence-electron chi connectivity index (χ1n) is 0.218. The topological polar surface area (TPSA) is 0 Å². The molecule has 0 unspecified atom stereocenters. The summed E-state index contributed by atoms with van der Waals surface area (Å²) in [6.45, 7) is 0. The molecule has 0 aromatic heterocycles. The molecule has 0 fully saturated rings. The molecule has 0 rings (SSSR count). The summed E-state index contributed by atoms with van der Waals surface area (Å²) < 4.78 is 0. The molecule has 0 N–H and O–H groups in total. The minimum Gasteiger partial charge on any atom is 0 e. The van der Waals surface area contributed by atoms with Crippen molar-refractivity contribution in [2.75, 3.05) is 0 Å². The molecular weight excluding hydrogens is 293 g/mol. The molecule has 0 saturated carbocycles. The molecule has 0 aromatic carbocycles. The van der Waals surface area contributed by atoms with Gasteiger partial charge in [-0.3, -0.25) is 0 Å². The van der Waals surface area contributed by atoms with E-state index in [1.54, 1.807) is 0 Å². The fourth-order valence-corrected chi connectivity index (χ4v) is 0. The van der Waals surface area contributed by atoms with Crippen LogP contribution in [0.15, 0.2) is 0 Å². The van der Waals surface area contributed by atoms with Crippen LogP contribution in [0.1, 0.15) is 0 Å². The predicted molar refractivity (Wildman–Crippen MR) is 13.0 cm³/mol. The van der Waals surface area contributed by atoms with Gasteiger partial charge in [-0.1, -0.05) is 0 Å². The van der Waals surface area contributed by atoms with Gasteiger partial charge >= 0.3 is 30.3 Å². The number of hydrogen-bond donors (Lipinski definition) is 0. The SMILES string of the molecule is [Cl][SnH].[Ti].[Zr]. The monoisotopic (exact) mass is 294 g/mol. The van der Waals surface area contributed by atoms with E-state index in [1.165, 1.54) is 0 Å². The summed E-state index contributed by atoms with van der Waals surface area (Å²) in [5.74, 6) is 0. The van der Waals surface area contributed by atoms with Crippen molar-refractivity contribution in [3.8, 4) is 0 Å². The number of hydrogen-bond acceptors (Lipinski definition) is 0. The van der Waals surface area contributed by atoms with Gasteiger partial charge in [-0.2, -0.15) is 0 Å². The van der Waals surface area contributed by atoms with Gasteiger partial charge in [0.1, 0.15) is 0 Å². The van der Waals surface area contributed by atoms with Crippen LogP contribution in [0.4, 0.5) is 0 Å². The quantitative estimate of drug-likeness (QED) is 0.553. The fraction of sp³-hybridized carbons (Fsp3) is 0. The third-order valence-corrected chi connectivity index (χ3v) is 0. The Hall–Kier alpha value is 2.69. The molecule has 0 atom stereocenters. The second-order valence-corrected chi connectivity index (χ2v) is 0. The maximum Gasteiger partial charge on any atom is 0 e. The molecule has 0 aliphatic carbocycles. The molecule has 20 valence electrons. The van der Waals surface area contributed by atoms with Crippen LogP contribution in [0, 0.1) is 0 Å². The Morgan fingerprint density at radius 1 is 1.25 bits per heavy atom. The normalized spacial score (nSPS) is 1.50. The maximum atomic E-state index is 4.77. The Bertz CT molecular complexity index is 8.00. The Morgan fingerprint density at radius 2 is 1.25 bits per heavy atom. The van der Waals surface area contributed by atoms with Crippen LogP contribution in [0.5, 0.6) is 0 Å². The van der Waals surface area contributed by atoms with Crippen LogP contribution >= 0.6 is 8.92 Å². The molecule has 0 bridgehead atoms. The summed E-state index contributed by atoms with van der Waals surface area (Å²) in [5, 5.41) is 0. The van der Waals surface area contributed by atoms with E-state index < -0.39 is 0 Å². The first kappa shape index (κ1) is 15.9. The van der Waals surface area contributed by atoms with Crippen molar-refractivity contribution < 1.29 is 47.9 Å². The third-order valence-electron chi connectivity index (χ3n) is 0. The molecule has 0 nitrogen and oxygen atoms in total. The van der Waals surface area contributed by atoms with Gasteiger partial charge in [-0.15, -0.1) is 0 Å². The van der Waals surface area contributed by atoms with Crippen molar-refractivity contribution in [3.05, 3.63) is 0 Å². The molecule has 0 aliphatic rings. The second kappa shape index (κ2) is 17.3. The zero-order chi connectivity index (χ0) is 2.00. The standard InChI is InChI=1S/ClH.Sn.Ti.Zr.H/h1H;;;;/q;+1;;;/p-1. The van der Waals surface area contributed by atoms with Crippen LogP contribution in [0.2, 0.25) is 0 Å². The molecule has 0 aliphatic heterocycles. The maximum absolute atomic E-state index is 4.77. The summed E-state index contributed by atoms with van der Waals surface area (Å²) in [4.78, 5) is 0. The van der Waals surface area contributed by atoms with Gasteiger partial charge in [0, 0.05) is 47.9 Å². The van der Waals surface area contributed by atoms with Gasteiger partial charge in [0.25, 0.3) is 0 Å². The van der Waals surface area contributed by atoms with Crippen molar-refractivity contribution in [2.45, 2.75) is 0 Å². The molecule has 2 radical (unpaired) electrons. The van der Waals surface area contributed by atoms with E-state index in [1.807, 2.05) is 0 Å². The first-order chi connectivity index (χ1) is 1.00. The Balaban J connectivity index is -0.00000000500. The van der Waals surface area contributed by atoms with E-state index in [9.17, 15) is 0 Å². The van der Waals surface area contributed by atoms with E-state index in [0.717, 1.165) is 21.4 Å². The first-order valence-corrected chi connectivity index (χ1v) is 4.39. The zero-order valence-corrected chi connectivity index (χ0v) is 10.0. The van der Waals surface area contributed by atoms with Crippen LogP contribution in [0.25, 0.3) is 0 Å². The largest absolute Gasteiger partial charge is 0 e. The van der Waals surface area contributed by atoms with Crippen molar-refractivity contribution in [1.29, 1.82) is 0 Å². The zero-order valence-electron chi connectivity index (χ0n) is 1.96. The van der Waals surface area contributed by atoms with E-state index in [-0.39, 0.29) is 47.9 Å². The third kappa shape index (κ3) is 8.82. The van der Waals surface area contributed by atoms with E-state index >= 15 is 0 Å². The van der Waals surface area contributed by atoms with Gasteiger partial charge in [0.15, 0.2) is 0 Å². The average Bonchev–Trinajstić information content (AvgIpc) is 1.00. The minimum atomic E-state index is 0. The molecule has 0 spiro atoms. The van der Waals surface area contributed by atoms with E-state index in [2.05, 4.69) is 0 Å². The number of rotatable bonds is 0. The summed E-state index contributed by atoms with van der Waals surface area (Å²) >= 11 is 0.822. The Kier molecular flexibility index (Phi) is 68.8. The predicted octanol–water partition coefficient (Wildman–Crippen LogP) is 0.0360. The number of halogens is 1. The summed E-state index contributed by atoms with van der Waals surface area (Å²) in [6, 6.07) is 0. The van der Waals surface area contributed by atoms with Gasteiger partial charge < -0.3 is 0 Å². The molecule has 4 heavy (non-hydrogen) atoms. The van der Waals surface area contributed by atoms with Gasteiger partial charge in [0.2, 0.25) is 0 Å². The Morgan fingerprint density at radius 3 is 1.25 bits per heavy atom. The minimum absolute atomic E-state index is 0. The molecule has 4 heteroatoms. The second-order valence-electron chi connectivity index (χ2n) is 0. The molecule has 0 amide bonds. The molecular formula is HClSnTiZr. The molecule has 0 aromatic rings. The summed E-state index contributed by atoms with van der Waals surface area (Å²) in [5.41, 5.74) is 0. The van der Waals surface area contributed by atoms with Gasteiger partial charge in [0.05, 0.1) is 0 Å². The summed E-state index contributed by atoms with van der Waals surface area (Å²) in [7, 11) is 4.77. The summed E-state index contributed by atoms with van der Waals surface area (Å²) in [6.07, 6.45) is 0. The Labute approximate surface area is 76.9 Å². The smallest absolute Gasteiger partial charge is 0 e. The van der Waals surface area contributed by atoms with Crippen LogP contribution < -0.4 is 0 Å². The van der Waals surface area contributed by atoms with Gasteiger partial charge in [-0.05, 0) is 0 Å². The van der Waals surface area contributed by atoms with E-state index in [0.29, 0.717) is 0 Å². The van der Waals surface area contributed by atoms with Crippen molar-refractivity contribution in [3.63, 3.8) is 0 Å². The van der Waals surface area contributed by atoms with Gasteiger partial charge in [-0.25, -0.2) is 0 Å². The molecule has 0 heterocycles. The van der Waals surface area contributed by atoms with Crippen LogP contribution in [0.3, 0.4) is 0 Å².